The quantitative estimate of drug-likeness (QED) is 0.284. The summed E-state index contributed by atoms with van der Waals surface area (Å²) >= 11 is 0. The van der Waals surface area contributed by atoms with E-state index in [4.69, 9.17) is 0 Å². The van der Waals surface area contributed by atoms with Gasteiger partial charge in [0.2, 0.25) is 0 Å². The van der Waals surface area contributed by atoms with E-state index >= 15 is 4.39 Å². The summed E-state index contributed by atoms with van der Waals surface area (Å²) in [5.41, 5.74) is 2.40. The molecule has 0 bridgehead atoms. The summed E-state index contributed by atoms with van der Waals surface area (Å²) in [4.78, 5) is 33.1. The van der Waals surface area contributed by atoms with E-state index in [1.54, 1.807) is 19.1 Å². The van der Waals surface area contributed by atoms with Crippen molar-refractivity contribution in [3.63, 3.8) is 0 Å². The SMILES string of the molecule is Cc1c(-c2ccnc(-n3ccc4cc(C(C)(C)C)cc(F)c4c3=O)c2CO)n[nH]c(=O)c1Nc1cc2n(n1)CCN(C)C2. The van der Waals surface area contributed by atoms with Crippen LogP contribution in [-0.2, 0) is 25.1 Å². The first-order valence-electron chi connectivity index (χ1n) is 14.0. The average Bonchev–Trinajstić information content (AvgIpc) is 3.36. The van der Waals surface area contributed by atoms with Crippen LogP contribution in [0.4, 0.5) is 15.9 Å². The third-order valence-corrected chi connectivity index (χ3v) is 7.97. The Morgan fingerprint density at radius 2 is 1.93 bits per heavy atom. The maximum Gasteiger partial charge on any atom is 0.288 e. The van der Waals surface area contributed by atoms with Gasteiger partial charge >= 0.3 is 0 Å². The fraction of sp³-hybridized carbons (Fsp3) is 0.323. The highest BCUT2D eigenvalue weighted by atomic mass is 19.1. The molecule has 0 fully saturated rings. The van der Waals surface area contributed by atoms with Crippen LogP contribution in [0.15, 0.2) is 52.3 Å². The molecule has 1 aromatic carbocycles. The maximum absolute atomic E-state index is 15.3. The summed E-state index contributed by atoms with van der Waals surface area (Å²) in [6, 6.07) is 8.44. The number of pyridine rings is 2. The second-order valence-electron chi connectivity index (χ2n) is 12.0. The minimum atomic E-state index is -0.620. The minimum Gasteiger partial charge on any atom is -0.392 e. The van der Waals surface area contributed by atoms with Gasteiger partial charge in [-0.05, 0) is 48.5 Å². The van der Waals surface area contributed by atoms with Gasteiger partial charge in [-0.15, -0.1) is 0 Å². The van der Waals surface area contributed by atoms with Crippen molar-refractivity contribution in [1.82, 2.24) is 34.4 Å². The first-order chi connectivity index (χ1) is 20.5. The minimum absolute atomic E-state index is 0.0645. The summed E-state index contributed by atoms with van der Waals surface area (Å²) in [5, 5.41) is 25.5. The predicted molar refractivity (Wildman–Crippen MR) is 162 cm³/mol. The van der Waals surface area contributed by atoms with Crippen molar-refractivity contribution in [2.45, 2.75) is 52.8 Å². The van der Waals surface area contributed by atoms with Gasteiger partial charge in [0.25, 0.3) is 11.1 Å². The molecule has 0 spiro atoms. The highest BCUT2D eigenvalue weighted by Gasteiger charge is 2.23. The number of aliphatic hydroxyl groups is 1. The molecule has 0 saturated carbocycles. The lowest BCUT2D eigenvalue weighted by Crippen LogP contribution is -2.30. The molecule has 0 atom stereocenters. The summed E-state index contributed by atoms with van der Waals surface area (Å²) in [6.07, 6.45) is 3.01. The maximum atomic E-state index is 15.3. The van der Waals surface area contributed by atoms with Crippen molar-refractivity contribution in [2.24, 2.45) is 0 Å². The molecule has 0 unspecified atom stereocenters. The van der Waals surface area contributed by atoms with Crippen LogP contribution in [0.1, 0.15) is 43.2 Å². The molecule has 1 aliphatic rings. The van der Waals surface area contributed by atoms with Gasteiger partial charge in [-0.2, -0.15) is 10.2 Å². The molecule has 0 aliphatic carbocycles. The Bertz CT molecular complexity index is 2000. The van der Waals surface area contributed by atoms with Gasteiger partial charge in [-0.25, -0.2) is 14.5 Å². The number of hydrogen-bond donors (Lipinski definition) is 3. The van der Waals surface area contributed by atoms with Crippen LogP contribution in [0.25, 0.3) is 27.8 Å². The number of rotatable bonds is 5. The van der Waals surface area contributed by atoms with Crippen molar-refractivity contribution in [3.05, 3.63) is 91.6 Å². The number of H-pyrrole nitrogens is 1. The zero-order valence-electron chi connectivity index (χ0n) is 24.7. The summed E-state index contributed by atoms with van der Waals surface area (Å²) in [5.74, 6) is 0.0529. The normalized spacial score (nSPS) is 13.8. The van der Waals surface area contributed by atoms with Gasteiger partial charge in [-0.1, -0.05) is 26.8 Å². The second kappa shape index (κ2) is 10.5. The lowest BCUT2D eigenvalue weighted by molar-refractivity contribution is 0.259. The number of aliphatic hydroxyl groups excluding tert-OH is 1. The molecule has 43 heavy (non-hydrogen) atoms. The highest BCUT2D eigenvalue weighted by Crippen LogP contribution is 2.32. The van der Waals surface area contributed by atoms with E-state index in [2.05, 4.69) is 30.5 Å². The Labute approximate surface area is 246 Å². The lowest BCUT2D eigenvalue weighted by atomic mass is 9.86. The average molecular weight is 585 g/mol. The number of fused-ring (bicyclic) bond motifs is 2. The molecule has 0 saturated heterocycles. The van der Waals surface area contributed by atoms with Gasteiger partial charge in [0.15, 0.2) is 5.82 Å². The van der Waals surface area contributed by atoms with Crippen molar-refractivity contribution in [1.29, 1.82) is 0 Å². The zero-order chi connectivity index (χ0) is 30.6. The zero-order valence-corrected chi connectivity index (χ0v) is 24.7. The first kappa shape index (κ1) is 28.4. The molecule has 0 radical (unpaired) electrons. The van der Waals surface area contributed by atoms with E-state index in [-0.39, 0.29) is 22.3 Å². The smallest absolute Gasteiger partial charge is 0.288 e. The van der Waals surface area contributed by atoms with E-state index in [1.165, 1.54) is 23.0 Å². The fourth-order valence-corrected chi connectivity index (χ4v) is 5.53. The number of hydrogen-bond acceptors (Lipinski definition) is 8. The van der Waals surface area contributed by atoms with Crippen LogP contribution in [0, 0.1) is 12.7 Å². The fourth-order valence-electron chi connectivity index (χ4n) is 5.53. The Kier molecular flexibility index (Phi) is 6.98. The number of nitrogens with one attached hydrogen (secondary N) is 2. The number of nitrogens with zero attached hydrogens (tertiary/aromatic N) is 6. The number of halogens is 1. The molecular formula is C31H33FN8O3. The molecule has 11 nitrogen and oxygen atoms in total. The van der Waals surface area contributed by atoms with Crippen molar-refractivity contribution in [3.8, 4) is 17.1 Å². The number of benzene rings is 1. The van der Waals surface area contributed by atoms with E-state index in [0.717, 1.165) is 30.9 Å². The third-order valence-electron chi connectivity index (χ3n) is 7.97. The molecule has 12 heteroatoms. The largest absolute Gasteiger partial charge is 0.392 e. The number of aromatic nitrogens is 6. The van der Waals surface area contributed by atoms with Crippen molar-refractivity contribution >= 4 is 22.3 Å². The van der Waals surface area contributed by atoms with Crippen molar-refractivity contribution < 1.29 is 9.50 Å². The van der Waals surface area contributed by atoms with Crippen LogP contribution in [0.5, 0.6) is 0 Å². The van der Waals surface area contributed by atoms with Gasteiger partial charge in [-0.3, -0.25) is 23.7 Å². The van der Waals surface area contributed by atoms with Crippen molar-refractivity contribution in [2.75, 3.05) is 18.9 Å². The third kappa shape index (κ3) is 5.02. The molecule has 5 aromatic rings. The molecular weight excluding hydrogens is 551 g/mol. The van der Waals surface area contributed by atoms with Gasteiger partial charge in [0, 0.05) is 48.2 Å². The summed E-state index contributed by atoms with van der Waals surface area (Å²) in [7, 11) is 2.04. The van der Waals surface area contributed by atoms with Crippen LogP contribution in [-0.4, -0.2) is 53.1 Å². The van der Waals surface area contributed by atoms with Crippen LogP contribution in [0.3, 0.4) is 0 Å². The predicted octanol–water partition coefficient (Wildman–Crippen LogP) is 3.76. The molecule has 5 heterocycles. The Balaban J connectivity index is 1.44. The van der Waals surface area contributed by atoms with Crippen LogP contribution >= 0.6 is 0 Å². The van der Waals surface area contributed by atoms with Crippen LogP contribution in [0.2, 0.25) is 0 Å². The van der Waals surface area contributed by atoms with E-state index in [9.17, 15) is 14.7 Å². The second-order valence-corrected chi connectivity index (χ2v) is 12.0. The number of anilines is 2. The molecule has 4 aromatic heterocycles. The number of aromatic amines is 1. The summed E-state index contributed by atoms with van der Waals surface area (Å²) < 4.78 is 18.5. The van der Waals surface area contributed by atoms with Crippen LogP contribution < -0.4 is 16.4 Å². The molecule has 222 valence electrons. The molecule has 6 rings (SSSR count). The Morgan fingerprint density at radius 3 is 2.67 bits per heavy atom. The number of likely N-dealkylation sites (N-methyl/N-ethyl adjacent to an activating group) is 1. The van der Waals surface area contributed by atoms with E-state index in [0.29, 0.717) is 33.6 Å². The van der Waals surface area contributed by atoms with Gasteiger partial charge < -0.3 is 10.4 Å². The molecule has 0 amide bonds. The Morgan fingerprint density at radius 1 is 1.14 bits per heavy atom. The van der Waals surface area contributed by atoms with E-state index < -0.39 is 23.5 Å². The Hall–Kier alpha value is -4.68. The van der Waals surface area contributed by atoms with Gasteiger partial charge in [0.05, 0.1) is 29.9 Å². The molecule has 3 N–H and O–H groups in total. The monoisotopic (exact) mass is 584 g/mol. The standard InChI is InChI=1S/C31H33FN8O3/c1-17-26(35-36-29(42)27(17)34-24-14-20-15-38(5)10-11-40(20)37-24)21-6-8-33-28(22(21)16-41)39-9-7-18-12-19(31(2,3)4)13-23(32)25(18)30(39)43/h6-9,12-14,41H,10-11,15-16H2,1-5H3,(H,36,42)(H,34,35,37). The topological polar surface area (TPSA) is 134 Å². The summed E-state index contributed by atoms with van der Waals surface area (Å²) in [6.45, 7) is 9.58. The highest BCUT2D eigenvalue weighted by molar-refractivity contribution is 5.84. The lowest BCUT2D eigenvalue weighted by Gasteiger charge is -2.22. The molecule has 1 aliphatic heterocycles. The van der Waals surface area contributed by atoms with Gasteiger partial charge in [0.1, 0.15) is 17.3 Å². The first-order valence-corrected chi connectivity index (χ1v) is 14.0. The van der Waals surface area contributed by atoms with E-state index in [1.807, 2.05) is 44.6 Å².